The predicted octanol–water partition coefficient (Wildman–Crippen LogP) is -0.823. The van der Waals surface area contributed by atoms with Crippen LogP contribution in [-0.4, -0.2) is 104 Å². The molecule has 0 spiro atoms. The van der Waals surface area contributed by atoms with Crippen LogP contribution >= 0.6 is 0 Å². The van der Waals surface area contributed by atoms with E-state index in [-0.39, 0.29) is 82.5 Å². The Hall–Kier alpha value is -3.72. The van der Waals surface area contributed by atoms with Crippen LogP contribution in [-0.2, 0) is 38.1 Å². The van der Waals surface area contributed by atoms with Crippen molar-refractivity contribution in [3.8, 4) is 0 Å². The molecular weight excluding hydrogens is 494 g/mol. The maximum atomic E-state index is 13.0. The number of anilines is 1. The summed E-state index contributed by atoms with van der Waals surface area (Å²) in [6.45, 7) is 0.530. The lowest BCUT2D eigenvalue weighted by atomic mass is 10.0. The summed E-state index contributed by atoms with van der Waals surface area (Å²) in [6.07, 6.45) is 0.0338. The lowest BCUT2D eigenvalue weighted by Crippen LogP contribution is -2.54. The largest absolute Gasteiger partial charge is 0.480 e. The Labute approximate surface area is 211 Å². The number of carbonyl (C=O) groups excluding carboxylic acids is 5. The summed E-state index contributed by atoms with van der Waals surface area (Å²) in [5.41, 5.74) is 0.139. The quantitative estimate of drug-likeness (QED) is 0.193. The number of hydrogen-bond acceptors (Lipinski definition) is 10. The highest BCUT2D eigenvalue weighted by atomic mass is 16.6. The Morgan fingerprint density at radius 3 is 2.16 bits per heavy atom. The molecule has 2 heterocycles. The summed E-state index contributed by atoms with van der Waals surface area (Å²) in [5.74, 6) is -4.19. The Kier molecular flexibility index (Phi) is 10.2. The predicted molar refractivity (Wildman–Crippen MR) is 123 cm³/mol. The van der Waals surface area contributed by atoms with Crippen LogP contribution in [0.2, 0.25) is 0 Å². The molecule has 0 bridgehead atoms. The van der Waals surface area contributed by atoms with Gasteiger partial charge in [0.25, 0.3) is 11.8 Å². The number of nitrogens with one attached hydrogen (secondary N) is 2. The zero-order valence-electron chi connectivity index (χ0n) is 19.9. The Bertz CT molecular complexity index is 1060. The highest BCUT2D eigenvalue weighted by molar-refractivity contribution is 6.26. The third-order valence-corrected chi connectivity index (χ3v) is 5.32. The van der Waals surface area contributed by atoms with Crippen LogP contribution in [0.4, 0.5) is 5.69 Å². The summed E-state index contributed by atoms with van der Waals surface area (Å²) in [5, 5.41) is 13.1. The van der Waals surface area contributed by atoms with Crippen molar-refractivity contribution in [2.75, 3.05) is 58.2 Å². The minimum atomic E-state index is -1.10. The molecular formula is C23H27N3O11. The first-order valence-corrected chi connectivity index (χ1v) is 11.5. The van der Waals surface area contributed by atoms with Crippen molar-refractivity contribution in [3.05, 3.63) is 29.3 Å². The number of benzene rings is 1. The topological polar surface area (TPSA) is 187 Å². The monoisotopic (exact) mass is 521 g/mol. The van der Waals surface area contributed by atoms with E-state index in [0.717, 1.165) is 4.90 Å². The van der Waals surface area contributed by atoms with E-state index in [0.29, 0.717) is 0 Å². The van der Waals surface area contributed by atoms with Crippen LogP contribution in [0.1, 0.15) is 33.6 Å². The Balaban J connectivity index is 1.38. The Morgan fingerprint density at radius 1 is 0.919 bits per heavy atom. The first-order chi connectivity index (χ1) is 17.8. The average molecular weight is 521 g/mol. The maximum Gasteiger partial charge on any atom is 0.329 e. The van der Waals surface area contributed by atoms with Crippen LogP contribution in [0.25, 0.3) is 0 Å². The molecule has 3 N–H and O–H groups in total. The van der Waals surface area contributed by atoms with Crippen LogP contribution in [0.5, 0.6) is 0 Å². The third-order valence-electron chi connectivity index (χ3n) is 5.32. The molecule has 1 fully saturated rings. The first kappa shape index (κ1) is 27.9. The molecule has 200 valence electrons. The van der Waals surface area contributed by atoms with Gasteiger partial charge in [-0.25, -0.2) is 4.79 Å². The number of hydrogen-bond donors (Lipinski definition) is 3. The van der Waals surface area contributed by atoms with Crippen molar-refractivity contribution in [1.29, 1.82) is 0 Å². The SMILES string of the molecule is O=C(O)COCCOCCOCCOCC(=O)Nc1cccc2c1C(=O)N(C1CCC(=O)NC1=O)C2=O. The molecule has 0 radical (unpaired) electrons. The molecule has 3 rings (SSSR count). The smallest absolute Gasteiger partial charge is 0.329 e. The number of carboxylic acid groups (broad SMARTS) is 1. The van der Waals surface area contributed by atoms with Gasteiger partial charge in [-0.15, -0.1) is 0 Å². The standard InChI is InChI=1S/C23H27N3O11/c27-17-5-4-16(21(31)25-17)26-22(32)14-2-1-3-15(20(14)23(26)33)24-18(28)12-36-10-8-34-6-7-35-9-11-37-13-19(29)30/h1-3,16H,4-13H2,(H,24,28)(H,29,30)(H,25,27,31). The summed E-state index contributed by atoms with van der Waals surface area (Å²) in [4.78, 5) is 72.9. The van der Waals surface area contributed by atoms with Gasteiger partial charge in [0.1, 0.15) is 19.3 Å². The Morgan fingerprint density at radius 2 is 1.54 bits per heavy atom. The summed E-state index contributed by atoms with van der Waals surface area (Å²) < 4.78 is 20.6. The molecule has 37 heavy (non-hydrogen) atoms. The van der Waals surface area contributed by atoms with E-state index in [4.69, 9.17) is 24.1 Å². The normalized spacial score (nSPS) is 17.1. The summed E-state index contributed by atoms with van der Waals surface area (Å²) >= 11 is 0. The number of aliphatic carboxylic acids is 1. The van der Waals surface area contributed by atoms with E-state index in [9.17, 15) is 28.8 Å². The van der Waals surface area contributed by atoms with Gasteiger partial charge in [-0.3, -0.25) is 34.2 Å². The molecule has 1 aromatic carbocycles. The van der Waals surface area contributed by atoms with Gasteiger partial charge in [0.15, 0.2) is 0 Å². The number of imide groups is 2. The second kappa shape index (κ2) is 13.5. The van der Waals surface area contributed by atoms with Crippen molar-refractivity contribution in [2.24, 2.45) is 0 Å². The molecule has 2 aliphatic heterocycles. The lowest BCUT2D eigenvalue weighted by molar-refractivity contribution is -0.143. The third kappa shape index (κ3) is 7.63. The van der Waals surface area contributed by atoms with Crippen molar-refractivity contribution in [1.82, 2.24) is 10.2 Å². The van der Waals surface area contributed by atoms with Gasteiger partial charge in [0, 0.05) is 6.42 Å². The van der Waals surface area contributed by atoms with E-state index in [1.54, 1.807) is 0 Å². The van der Waals surface area contributed by atoms with E-state index in [1.807, 2.05) is 0 Å². The first-order valence-electron chi connectivity index (χ1n) is 11.5. The highest BCUT2D eigenvalue weighted by Gasteiger charge is 2.45. The van der Waals surface area contributed by atoms with E-state index in [1.165, 1.54) is 18.2 Å². The molecule has 0 saturated carbocycles. The fourth-order valence-electron chi connectivity index (χ4n) is 3.69. The van der Waals surface area contributed by atoms with Crippen molar-refractivity contribution >= 4 is 41.2 Å². The molecule has 1 atom stereocenters. The zero-order chi connectivity index (χ0) is 26.8. The minimum Gasteiger partial charge on any atom is -0.480 e. The van der Waals surface area contributed by atoms with E-state index < -0.39 is 41.5 Å². The molecule has 1 saturated heterocycles. The van der Waals surface area contributed by atoms with Crippen molar-refractivity contribution < 1.29 is 52.8 Å². The highest BCUT2D eigenvalue weighted by Crippen LogP contribution is 2.32. The zero-order valence-corrected chi connectivity index (χ0v) is 19.9. The number of fused-ring (bicyclic) bond motifs is 1. The van der Waals surface area contributed by atoms with E-state index in [2.05, 4.69) is 10.6 Å². The lowest BCUT2D eigenvalue weighted by Gasteiger charge is -2.27. The number of nitrogens with zero attached hydrogens (tertiary/aromatic N) is 1. The summed E-state index contributed by atoms with van der Waals surface area (Å²) in [7, 11) is 0. The molecule has 1 aromatic rings. The van der Waals surface area contributed by atoms with Gasteiger partial charge in [-0.05, 0) is 18.6 Å². The molecule has 5 amide bonds. The van der Waals surface area contributed by atoms with Crippen LogP contribution in [0, 0.1) is 0 Å². The fourth-order valence-corrected chi connectivity index (χ4v) is 3.69. The number of rotatable bonds is 15. The van der Waals surface area contributed by atoms with Gasteiger partial charge in [-0.1, -0.05) is 6.07 Å². The van der Waals surface area contributed by atoms with Gasteiger partial charge >= 0.3 is 5.97 Å². The molecule has 0 aliphatic carbocycles. The number of ether oxygens (including phenoxy) is 4. The second-order valence-corrected chi connectivity index (χ2v) is 7.95. The maximum absolute atomic E-state index is 13.0. The molecule has 1 unspecified atom stereocenters. The van der Waals surface area contributed by atoms with Crippen LogP contribution in [0.3, 0.4) is 0 Å². The number of carbonyl (C=O) groups is 6. The van der Waals surface area contributed by atoms with E-state index >= 15 is 0 Å². The van der Waals surface area contributed by atoms with Crippen LogP contribution in [0.15, 0.2) is 18.2 Å². The molecule has 14 heteroatoms. The van der Waals surface area contributed by atoms with Gasteiger partial charge in [-0.2, -0.15) is 0 Å². The average Bonchev–Trinajstić information content (AvgIpc) is 3.10. The second-order valence-electron chi connectivity index (χ2n) is 7.95. The summed E-state index contributed by atoms with van der Waals surface area (Å²) in [6, 6.07) is 3.29. The number of piperidine rings is 1. The molecule has 0 aromatic heterocycles. The van der Waals surface area contributed by atoms with Gasteiger partial charge < -0.3 is 29.4 Å². The molecule has 2 aliphatic rings. The van der Waals surface area contributed by atoms with Gasteiger partial charge in [0.05, 0.1) is 56.5 Å². The molecule has 14 nitrogen and oxygen atoms in total. The van der Waals surface area contributed by atoms with Crippen molar-refractivity contribution in [2.45, 2.75) is 18.9 Å². The van der Waals surface area contributed by atoms with Crippen molar-refractivity contribution in [3.63, 3.8) is 0 Å². The fraction of sp³-hybridized carbons (Fsp3) is 0.478. The minimum absolute atomic E-state index is 0.00500. The van der Waals surface area contributed by atoms with Crippen LogP contribution < -0.4 is 10.6 Å². The van der Waals surface area contributed by atoms with Gasteiger partial charge in [0.2, 0.25) is 17.7 Å². The number of amides is 5. The number of carboxylic acids is 1.